The summed E-state index contributed by atoms with van der Waals surface area (Å²) in [6, 6.07) is 5.79. The highest BCUT2D eigenvalue weighted by atomic mass is 19.3. The van der Waals surface area contributed by atoms with E-state index in [4.69, 9.17) is 5.53 Å². The summed E-state index contributed by atoms with van der Waals surface area (Å²) in [7, 11) is 0. The van der Waals surface area contributed by atoms with Crippen LogP contribution in [0, 0.1) is 0 Å². The van der Waals surface area contributed by atoms with E-state index in [-0.39, 0.29) is 11.3 Å². The van der Waals surface area contributed by atoms with Crippen molar-refractivity contribution in [1.82, 2.24) is 5.32 Å². The summed E-state index contributed by atoms with van der Waals surface area (Å²) in [6.45, 7) is -2.26. The van der Waals surface area contributed by atoms with Crippen LogP contribution in [-0.4, -0.2) is 25.6 Å². The van der Waals surface area contributed by atoms with Gasteiger partial charge in [0.15, 0.2) is 0 Å². The molecule has 0 fully saturated rings. The first-order valence-electron chi connectivity index (χ1n) is 5.98. The molecule has 0 heterocycles. The van der Waals surface area contributed by atoms with Gasteiger partial charge in [-0.15, -0.1) is 0 Å². The summed E-state index contributed by atoms with van der Waals surface area (Å²) in [5.41, 5.74) is 8.13. The Morgan fingerprint density at radius 1 is 1.40 bits per heavy atom. The Balaban J connectivity index is 2.48. The Labute approximate surface area is 114 Å². The third-order valence-electron chi connectivity index (χ3n) is 2.38. The number of unbranched alkanes of at least 4 members (excludes halogenated alkanes) is 1. The van der Waals surface area contributed by atoms with Crippen LogP contribution in [0.1, 0.15) is 23.2 Å². The number of carbonyl (C=O) groups is 1. The maximum absolute atomic E-state index is 12.2. The zero-order valence-corrected chi connectivity index (χ0v) is 10.6. The summed E-state index contributed by atoms with van der Waals surface area (Å²) in [6.07, 6.45) is 1.27. The van der Waals surface area contributed by atoms with Gasteiger partial charge in [0.25, 0.3) is 5.91 Å². The van der Waals surface area contributed by atoms with Crippen molar-refractivity contribution in [3.63, 3.8) is 0 Å². The van der Waals surface area contributed by atoms with Crippen molar-refractivity contribution in [2.24, 2.45) is 5.11 Å². The Hall–Kier alpha value is -2.34. The van der Waals surface area contributed by atoms with Crippen LogP contribution in [-0.2, 0) is 0 Å². The first-order chi connectivity index (χ1) is 9.65. The molecule has 0 spiro atoms. The molecule has 1 rings (SSSR count). The smallest absolute Gasteiger partial charge is 0.387 e. The van der Waals surface area contributed by atoms with Gasteiger partial charge >= 0.3 is 6.61 Å². The van der Waals surface area contributed by atoms with Gasteiger partial charge in [0.05, 0.1) is 5.56 Å². The minimum absolute atomic E-state index is 0.0582. The number of alkyl halides is 2. The van der Waals surface area contributed by atoms with Crippen LogP contribution in [0.4, 0.5) is 8.78 Å². The van der Waals surface area contributed by atoms with Gasteiger partial charge < -0.3 is 10.1 Å². The summed E-state index contributed by atoms with van der Waals surface area (Å²) >= 11 is 0. The van der Waals surface area contributed by atoms with Crippen LogP contribution in [0.5, 0.6) is 5.75 Å². The predicted octanol–water partition coefficient (Wildman–Crippen LogP) is 3.11. The highest BCUT2D eigenvalue weighted by molar-refractivity contribution is 5.96. The highest BCUT2D eigenvalue weighted by Gasteiger charge is 2.14. The maximum Gasteiger partial charge on any atom is 0.387 e. The molecule has 0 aromatic heterocycles. The van der Waals surface area contributed by atoms with E-state index in [2.05, 4.69) is 20.1 Å². The largest absolute Gasteiger partial charge is 0.434 e. The summed E-state index contributed by atoms with van der Waals surface area (Å²) in [5.74, 6) is -0.640. The molecule has 0 unspecified atom stereocenters. The number of ether oxygens (including phenoxy) is 1. The fourth-order valence-corrected chi connectivity index (χ4v) is 1.50. The molecule has 8 heteroatoms. The molecule has 0 saturated heterocycles. The number of benzene rings is 1. The first kappa shape index (κ1) is 15.7. The van der Waals surface area contributed by atoms with Crippen LogP contribution in [0.25, 0.3) is 10.4 Å². The number of rotatable bonds is 8. The van der Waals surface area contributed by atoms with Crippen molar-refractivity contribution < 1.29 is 18.3 Å². The molecular weight excluding hydrogens is 270 g/mol. The fourth-order valence-electron chi connectivity index (χ4n) is 1.50. The molecule has 0 bridgehead atoms. The zero-order valence-electron chi connectivity index (χ0n) is 10.6. The molecular formula is C12H14F2N4O2. The quantitative estimate of drug-likeness (QED) is 0.344. The lowest BCUT2D eigenvalue weighted by Crippen LogP contribution is -2.25. The number of nitrogens with zero attached hydrogens (tertiary/aromatic N) is 3. The number of amides is 1. The molecule has 1 aromatic carbocycles. The number of azide groups is 1. The minimum Gasteiger partial charge on any atom is -0.434 e. The van der Waals surface area contributed by atoms with E-state index < -0.39 is 12.5 Å². The SMILES string of the molecule is [N-]=[N+]=NCCCCNC(=O)c1ccccc1OC(F)F. The van der Waals surface area contributed by atoms with Gasteiger partial charge in [-0.3, -0.25) is 4.79 Å². The van der Waals surface area contributed by atoms with Crippen LogP contribution < -0.4 is 10.1 Å². The fraction of sp³-hybridized carbons (Fsp3) is 0.417. The van der Waals surface area contributed by atoms with Gasteiger partial charge in [-0.2, -0.15) is 8.78 Å². The third kappa shape index (κ3) is 5.53. The molecule has 0 saturated carbocycles. The average Bonchev–Trinajstić information content (AvgIpc) is 2.42. The van der Waals surface area contributed by atoms with E-state index in [0.29, 0.717) is 25.9 Å². The average molecular weight is 284 g/mol. The van der Waals surface area contributed by atoms with Crippen LogP contribution in [0.15, 0.2) is 29.4 Å². The van der Waals surface area contributed by atoms with E-state index in [1.807, 2.05) is 0 Å². The molecule has 0 atom stereocenters. The molecule has 0 aliphatic heterocycles. The molecule has 0 radical (unpaired) electrons. The monoisotopic (exact) mass is 284 g/mol. The summed E-state index contributed by atoms with van der Waals surface area (Å²) < 4.78 is 28.7. The number of carbonyl (C=O) groups excluding carboxylic acids is 1. The van der Waals surface area contributed by atoms with E-state index >= 15 is 0 Å². The van der Waals surface area contributed by atoms with E-state index in [9.17, 15) is 13.6 Å². The lowest BCUT2D eigenvalue weighted by molar-refractivity contribution is -0.0501. The third-order valence-corrected chi connectivity index (χ3v) is 2.38. The van der Waals surface area contributed by atoms with Gasteiger partial charge in [-0.25, -0.2) is 0 Å². The van der Waals surface area contributed by atoms with Gasteiger partial charge in [-0.05, 0) is 30.5 Å². The number of nitrogens with one attached hydrogen (secondary N) is 1. The number of para-hydroxylation sites is 1. The van der Waals surface area contributed by atoms with E-state index in [0.717, 1.165) is 0 Å². The van der Waals surface area contributed by atoms with Crippen molar-refractivity contribution in [2.45, 2.75) is 19.5 Å². The number of hydrogen-bond donors (Lipinski definition) is 1. The lowest BCUT2D eigenvalue weighted by Gasteiger charge is -2.10. The van der Waals surface area contributed by atoms with E-state index in [1.165, 1.54) is 18.2 Å². The highest BCUT2D eigenvalue weighted by Crippen LogP contribution is 2.19. The molecule has 0 aliphatic carbocycles. The normalized spacial score (nSPS) is 9.95. The standard InChI is InChI=1S/C12H14F2N4O2/c13-12(14)20-10-6-2-1-5-9(10)11(19)16-7-3-4-8-17-18-15/h1-2,5-6,12H,3-4,7-8H2,(H,16,19). The molecule has 20 heavy (non-hydrogen) atoms. The molecule has 1 aromatic rings. The Morgan fingerprint density at radius 2 is 2.15 bits per heavy atom. The zero-order chi connectivity index (χ0) is 14.8. The van der Waals surface area contributed by atoms with Crippen molar-refractivity contribution >= 4 is 5.91 Å². The predicted molar refractivity (Wildman–Crippen MR) is 68.7 cm³/mol. The molecule has 1 amide bonds. The molecule has 0 aliphatic rings. The Kier molecular flexibility index (Phi) is 6.84. The second-order valence-electron chi connectivity index (χ2n) is 3.79. The minimum atomic E-state index is -2.98. The van der Waals surface area contributed by atoms with Gasteiger partial charge in [0.1, 0.15) is 5.75 Å². The van der Waals surface area contributed by atoms with Crippen LogP contribution in [0.3, 0.4) is 0 Å². The lowest BCUT2D eigenvalue weighted by atomic mass is 10.2. The molecule has 1 N–H and O–H groups in total. The van der Waals surface area contributed by atoms with Crippen LogP contribution in [0.2, 0.25) is 0 Å². The number of halogens is 2. The molecule has 6 nitrogen and oxygen atoms in total. The van der Waals surface area contributed by atoms with Crippen molar-refractivity contribution in [3.8, 4) is 5.75 Å². The Morgan fingerprint density at radius 3 is 2.85 bits per heavy atom. The summed E-state index contributed by atoms with van der Waals surface area (Å²) in [5, 5.41) is 5.95. The Bertz CT molecular complexity index is 490. The maximum atomic E-state index is 12.2. The summed E-state index contributed by atoms with van der Waals surface area (Å²) in [4.78, 5) is 14.4. The van der Waals surface area contributed by atoms with Crippen molar-refractivity contribution in [3.05, 3.63) is 40.3 Å². The van der Waals surface area contributed by atoms with Gasteiger partial charge in [-0.1, -0.05) is 17.2 Å². The van der Waals surface area contributed by atoms with Crippen molar-refractivity contribution in [1.29, 1.82) is 0 Å². The first-order valence-corrected chi connectivity index (χ1v) is 5.98. The second kappa shape index (κ2) is 8.71. The van der Waals surface area contributed by atoms with Crippen LogP contribution >= 0.6 is 0 Å². The molecule has 108 valence electrons. The van der Waals surface area contributed by atoms with Crippen molar-refractivity contribution in [2.75, 3.05) is 13.1 Å². The van der Waals surface area contributed by atoms with Gasteiger partial charge in [0, 0.05) is 18.0 Å². The topological polar surface area (TPSA) is 87.1 Å². The second-order valence-corrected chi connectivity index (χ2v) is 3.79. The van der Waals surface area contributed by atoms with E-state index in [1.54, 1.807) is 6.07 Å². The number of hydrogen-bond acceptors (Lipinski definition) is 3. The van der Waals surface area contributed by atoms with Gasteiger partial charge in [0.2, 0.25) is 0 Å².